The maximum Gasteiger partial charge on any atom is 0.188 e. The molecule has 0 aromatic heterocycles. The monoisotopic (exact) mass is 508 g/mol. The number of hydrogen-bond acceptors (Lipinski definition) is 4. The number of hydrogen-bond donors (Lipinski definition) is 0. The van der Waals surface area contributed by atoms with Gasteiger partial charge in [0.2, 0.25) is 0 Å². The lowest BCUT2D eigenvalue weighted by Crippen LogP contribution is -2.25. The molecule has 0 bridgehead atoms. The highest BCUT2D eigenvalue weighted by Crippen LogP contribution is 2.47. The zero-order chi connectivity index (χ0) is 26.3. The molecule has 0 fully saturated rings. The summed E-state index contributed by atoms with van der Waals surface area (Å²) in [5.41, 5.74) is 3.44. The van der Waals surface area contributed by atoms with E-state index in [0.717, 1.165) is 17.7 Å². The fraction of sp³-hybridized carbons (Fsp3) is 0.419. The predicted octanol–water partition coefficient (Wildman–Crippen LogP) is 6.88. The van der Waals surface area contributed by atoms with Crippen LogP contribution in [0.3, 0.4) is 0 Å². The van der Waals surface area contributed by atoms with Crippen molar-refractivity contribution in [1.82, 2.24) is 0 Å². The summed E-state index contributed by atoms with van der Waals surface area (Å²) in [5.74, 6) is 1.82. The number of methoxy groups -OCH3 is 2. The summed E-state index contributed by atoms with van der Waals surface area (Å²) in [7, 11) is 2.44. The van der Waals surface area contributed by atoms with E-state index in [0.29, 0.717) is 0 Å². The van der Waals surface area contributed by atoms with E-state index in [1.165, 1.54) is 27.3 Å². The molecule has 4 nitrogen and oxygen atoms in total. The molecular formula is C31H41O4P. The van der Waals surface area contributed by atoms with Crippen LogP contribution in [-0.2, 0) is 26.5 Å². The third-order valence-corrected chi connectivity index (χ3v) is 8.56. The Labute approximate surface area is 218 Å². The number of rotatable bonds is 10. The van der Waals surface area contributed by atoms with Gasteiger partial charge >= 0.3 is 0 Å². The van der Waals surface area contributed by atoms with Gasteiger partial charge in [-0.3, -0.25) is 0 Å². The average molecular weight is 509 g/mol. The van der Waals surface area contributed by atoms with Crippen molar-refractivity contribution in [3.63, 3.8) is 0 Å². The lowest BCUT2D eigenvalue weighted by molar-refractivity contribution is 0.0506. The molecule has 0 amide bonds. The van der Waals surface area contributed by atoms with Crippen LogP contribution in [0.5, 0.6) is 11.5 Å². The van der Waals surface area contributed by atoms with Gasteiger partial charge in [0.25, 0.3) is 0 Å². The van der Waals surface area contributed by atoms with Crippen LogP contribution in [0.15, 0.2) is 66.7 Å². The highest BCUT2D eigenvalue weighted by atomic mass is 31.1. The summed E-state index contributed by atoms with van der Waals surface area (Å²) < 4.78 is 23.4. The molecule has 0 N–H and O–H groups in total. The minimum atomic E-state index is -0.890. The summed E-state index contributed by atoms with van der Waals surface area (Å²) in [6.07, 6.45) is 0.865. The first-order valence-electron chi connectivity index (χ1n) is 12.4. The molecule has 0 atom stereocenters. The maximum atomic E-state index is 6.33. The predicted molar refractivity (Wildman–Crippen MR) is 152 cm³/mol. The van der Waals surface area contributed by atoms with Crippen LogP contribution < -0.4 is 20.1 Å². The van der Waals surface area contributed by atoms with E-state index in [9.17, 15) is 0 Å². The minimum absolute atomic E-state index is 0.0878. The molecule has 3 rings (SSSR count). The van der Waals surface area contributed by atoms with Crippen molar-refractivity contribution in [2.45, 2.75) is 58.5 Å². The Bertz CT molecular complexity index is 1040. The third-order valence-electron chi connectivity index (χ3n) is 6.01. The summed E-state index contributed by atoms with van der Waals surface area (Å²) in [6.45, 7) is 13.7. The van der Waals surface area contributed by atoms with Gasteiger partial charge < -0.3 is 18.9 Å². The van der Waals surface area contributed by atoms with Crippen molar-refractivity contribution in [2.75, 3.05) is 27.8 Å². The standard InChI is InChI=1S/C31H41O4P/c1-30(2,3)24-16-12-18-26(28(24)34-21-32-7)36(20-23-14-10-9-11-15-23)27-19-13-17-25(31(4,5)6)29(27)35-22-33-8/h9-19H,20-22H2,1-8H3. The molecule has 36 heavy (non-hydrogen) atoms. The Morgan fingerprint density at radius 2 is 1.03 bits per heavy atom. The first-order valence-corrected chi connectivity index (χ1v) is 13.9. The molecular weight excluding hydrogens is 467 g/mol. The molecule has 5 heteroatoms. The van der Waals surface area contributed by atoms with Gasteiger partial charge in [-0.1, -0.05) is 108 Å². The molecule has 0 aliphatic carbocycles. The summed E-state index contributed by atoms with van der Waals surface area (Å²) in [5, 5.41) is 2.37. The van der Waals surface area contributed by atoms with E-state index in [1.54, 1.807) is 14.2 Å². The average Bonchev–Trinajstić information content (AvgIpc) is 2.84. The van der Waals surface area contributed by atoms with Crippen LogP contribution >= 0.6 is 7.92 Å². The van der Waals surface area contributed by atoms with Gasteiger partial charge in [-0.25, -0.2) is 0 Å². The molecule has 3 aromatic rings. The maximum absolute atomic E-state index is 6.33. The Hall–Kier alpha value is -2.39. The fourth-order valence-corrected chi connectivity index (χ4v) is 6.83. The molecule has 0 saturated carbocycles. The van der Waals surface area contributed by atoms with E-state index in [2.05, 4.69) is 108 Å². The molecule has 3 aromatic carbocycles. The van der Waals surface area contributed by atoms with Gasteiger partial charge in [-0.15, -0.1) is 0 Å². The summed E-state index contributed by atoms with van der Waals surface area (Å²) >= 11 is 0. The van der Waals surface area contributed by atoms with E-state index in [-0.39, 0.29) is 24.4 Å². The Balaban J connectivity index is 2.31. The van der Waals surface area contributed by atoms with Crippen LogP contribution in [0, 0.1) is 0 Å². The number of para-hydroxylation sites is 2. The molecule has 0 unspecified atom stereocenters. The second kappa shape index (κ2) is 12.2. The van der Waals surface area contributed by atoms with E-state index < -0.39 is 7.92 Å². The van der Waals surface area contributed by atoms with Crippen molar-refractivity contribution in [3.8, 4) is 11.5 Å². The normalized spacial score (nSPS) is 12.1. The van der Waals surface area contributed by atoms with Crippen molar-refractivity contribution in [3.05, 3.63) is 83.4 Å². The van der Waals surface area contributed by atoms with Crippen LogP contribution in [0.4, 0.5) is 0 Å². The van der Waals surface area contributed by atoms with Crippen molar-refractivity contribution < 1.29 is 18.9 Å². The second-order valence-electron chi connectivity index (χ2n) is 11.0. The van der Waals surface area contributed by atoms with Gasteiger partial charge in [0.05, 0.1) is 0 Å². The molecule has 0 heterocycles. The van der Waals surface area contributed by atoms with E-state index >= 15 is 0 Å². The summed E-state index contributed by atoms with van der Waals surface area (Å²) in [4.78, 5) is 0. The minimum Gasteiger partial charge on any atom is -0.467 e. The number of ether oxygens (including phenoxy) is 4. The number of benzene rings is 3. The Morgan fingerprint density at radius 1 is 0.583 bits per heavy atom. The Morgan fingerprint density at radius 3 is 1.42 bits per heavy atom. The van der Waals surface area contributed by atoms with Gasteiger partial charge in [-0.2, -0.15) is 0 Å². The molecule has 194 valence electrons. The van der Waals surface area contributed by atoms with Crippen LogP contribution in [0.2, 0.25) is 0 Å². The second-order valence-corrected chi connectivity index (χ2v) is 13.1. The van der Waals surface area contributed by atoms with Crippen molar-refractivity contribution in [1.29, 1.82) is 0 Å². The van der Waals surface area contributed by atoms with Crippen LogP contribution in [0.25, 0.3) is 0 Å². The first-order chi connectivity index (χ1) is 17.1. The largest absolute Gasteiger partial charge is 0.467 e. The zero-order valence-electron chi connectivity index (χ0n) is 23.1. The van der Waals surface area contributed by atoms with E-state index in [1.807, 2.05) is 0 Å². The van der Waals surface area contributed by atoms with Crippen LogP contribution in [-0.4, -0.2) is 27.8 Å². The SMILES string of the molecule is COCOc1c(P(Cc2ccccc2)c2cccc(C(C)(C)C)c2OCOC)cccc1C(C)(C)C. The molecule has 0 saturated heterocycles. The topological polar surface area (TPSA) is 36.9 Å². The third kappa shape index (κ3) is 6.88. The van der Waals surface area contributed by atoms with Gasteiger partial charge in [0.15, 0.2) is 13.6 Å². The van der Waals surface area contributed by atoms with Gasteiger partial charge in [0.1, 0.15) is 11.5 Å². The molecule has 0 radical (unpaired) electrons. The quantitative estimate of drug-likeness (QED) is 0.221. The smallest absolute Gasteiger partial charge is 0.188 e. The van der Waals surface area contributed by atoms with Crippen molar-refractivity contribution >= 4 is 18.5 Å². The molecule has 0 aliphatic heterocycles. The van der Waals surface area contributed by atoms with E-state index in [4.69, 9.17) is 18.9 Å². The lowest BCUT2D eigenvalue weighted by Gasteiger charge is -2.31. The highest BCUT2D eigenvalue weighted by Gasteiger charge is 2.30. The highest BCUT2D eigenvalue weighted by molar-refractivity contribution is 7.72. The lowest BCUT2D eigenvalue weighted by atomic mass is 9.86. The van der Waals surface area contributed by atoms with Crippen molar-refractivity contribution in [2.24, 2.45) is 0 Å². The molecule has 0 aliphatic rings. The van der Waals surface area contributed by atoms with Crippen LogP contribution in [0.1, 0.15) is 58.2 Å². The Kier molecular flexibility index (Phi) is 9.58. The zero-order valence-corrected chi connectivity index (χ0v) is 23.9. The first kappa shape index (κ1) is 28.2. The fourth-order valence-electron chi connectivity index (χ4n) is 4.26. The summed E-state index contributed by atoms with van der Waals surface area (Å²) in [6, 6.07) is 23.7. The van der Waals surface area contributed by atoms with Gasteiger partial charge in [-0.05, 0) is 24.3 Å². The molecule has 0 spiro atoms. The van der Waals surface area contributed by atoms with Gasteiger partial charge in [0, 0.05) is 42.1 Å².